The predicted octanol–water partition coefficient (Wildman–Crippen LogP) is 1.74. The first-order valence-corrected chi connectivity index (χ1v) is 5.73. The maximum atomic E-state index is 13.3. The van der Waals surface area contributed by atoms with Crippen molar-refractivity contribution in [1.82, 2.24) is 5.32 Å². The molecule has 1 unspecified atom stereocenters. The van der Waals surface area contributed by atoms with Crippen molar-refractivity contribution in [1.29, 1.82) is 0 Å². The van der Waals surface area contributed by atoms with Gasteiger partial charge in [-0.25, -0.2) is 4.39 Å². The number of carboxylic acid groups (broad SMARTS) is 1. The number of carbonyl (C=O) groups is 2. The van der Waals surface area contributed by atoms with Crippen LogP contribution >= 0.6 is 0 Å². The van der Waals surface area contributed by atoms with Crippen molar-refractivity contribution in [3.8, 4) is 0 Å². The minimum atomic E-state index is -0.961. The number of carbonyl (C=O) groups excluding carboxylic acids is 1. The van der Waals surface area contributed by atoms with Crippen LogP contribution < -0.4 is 5.32 Å². The van der Waals surface area contributed by atoms with Gasteiger partial charge in [0.15, 0.2) is 0 Å². The maximum Gasteiger partial charge on any atom is 0.305 e. The molecular formula is C13H16FNO3. The fourth-order valence-corrected chi connectivity index (χ4v) is 1.61. The van der Waals surface area contributed by atoms with Crippen LogP contribution in [0.15, 0.2) is 24.3 Å². The number of nitrogens with one attached hydrogen (secondary N) is 1. The van der Waals surface area contributed by atoms with E-state index >= 15 is 0 Å². The monoisotopic (exact) mass is 253 g/mol. The van der Waals surface area contributed by atoms with E-state index in [2.05, 4.69) is 5.32 Å². The lowest BCUT2D eigenvalue weighted by Crippen LogP contribution is -2.34. The van der Waals surface area contributed by atoms with Gasteiger partial charge in [-0.05, 0) is 25.0 Å². The highest BCUT2D eigenvalue weighted by Gasteiger charge is 2.11. The number of halogens is 1. The maximum absolute atomic E-state index is 13.3. The summed E-state index contributed by atoms with van der Waals surface area (Å²) in [6, 6.07) is 5.86. The van der Waals surface area contributed by atoms with E-state index in [9.17, 15) is 14.0 Å². The number of amides is 1. The molecule has 0 aliphatic carbocycles. The van der Waals surface area contributed by atoms with Gasteiger partial charge in [0.1, 0.15) is 5.82 Å². The van der Waals surface area contributed by atoms with Crippen LogP contribution in [-0.2, 0) is 16.0 Å². The second-order valence-electron chi connectivity index (χ2n) is 4.16. The number of benzene rings is 1. The first kappa shape index (κ1) is 14.2. The zero-order valence-corrected chi connectivity index (χ0v) is 10.1. The van der Waals surface area contributed by atoms with Gasteiger partial charge < -0.3 is 10.4 Å². The van der Waals surface area contributed by atoms with Crippen molar-refractivity contribution in [3.63, 3.8) is 0 Å². The molecule has 5 heteroatoms. The van der Waals surface area contributed by atoms with Crippen LogP contribution in [0.25, 0.3) is 0 Å². The highest BCUT2D eigenvalue weighted by molar-refractivity contribution is 5.77. The van der Waals surface area contributed by atoms with Gasteiger partial charge in [-0.2, -0.15) is 0 Å². The minimum absolute atomic E-state index is 0.120. The van der Waals surface area contributed by atoms with Crippen LogP contribution in [0, 0.1) is 5.82 Å². The first-order chi connectivity index (χ1) is 8.49. The average molecular weight is 253 g/mol. The molecule has 0 saturated carbocycles. The Kier molecular flexibility index (Phi) is 5.30. The molecule has 1 amide bonds. The Hall–Kier alpha value is -1.91. The number of rotatable bonds is 6. The first-order valence-electron chi connectivity index (χ1n) is 5.73. The quantitative estimate of drug-likeness (QED) is 0.811. The van der Waals surface area contributed by atoms with Gasteiger partial charge in [-0.1, -0.05) is 18.2 Å². The molecule has 0 saturated heterocycles. The normalized spacial score (nSPS) is 11.9. The lowest BCUT2D eigenvalue weighted by Gasteiger charge is -2.11. The number of hydrogen-bond donors (Lipinski definition) is 2. The van der Waals surface area contributed by atoms with Gasteiger partial charge >= 0.3 is 5.97 Å². The molecule has 1 aromatic rings. The Labute approximate surface area is 105 Å². The van der Waals surface area contributed by atoms with Gasteiger partial charge in [0.2, 0.25) is 5.91 Å². The summed E-state index contributed by atoms with van der Waals surface area (Å²) in [7, 11) is 0. The third-order valence-corrected chi connectivity index (χ3v) is 2.47. The third-order valence-electron chi connectivity index (χ3n) is 2.47. The summed E-state index contributed by atoms with van der Waals surface area (Å²) in [5, 5.41) is 11.1. The van der Waals surface area contributed by atoms with Gasteiger partial charge in [0.05, 0.1) is 6.42 Å². The van der Waals surface area contributed by atoms with E-state index in [0.717, 1.165) is 0 Å². The summed E-state index contributed by atoms with van der Waals surface area (Å²) in [5.74, 6) is -1.56. The Morgan fingerprint density at radius 2 is 2.06 bits per heavy atom. The molecule has 2 N–H and O–H groups in total. The highest BCUT2D eigenvalue weighted by atomic mass is 19.1. The van der Waals surface area contributed by atoms with Crippen molar-refractivity contribution in [2.75, 3.05) is 0 Å². The van der Waals surface area contributed by atoms with Crippen LogP contribution in [0.2, 0.25) is 0 Å². The molecule has 0 heterocycles. The van der Waals surface area contributed by atoms with E-state index in [1.807, 2.05) is 0 Å². The highest BCUT2D eigenvalue weighted by Crippen LogP contribution is 2.08. The van der Waals surface area contributed by atoms with Gasteiger partial charge in [0.25, 0.3) is 0 Å². The van der Waals surface area contributed by atoms with E-state index in [4.69, 9.17) is 5.11 Å². The van der Waals surface area contributed by atoms with Crippen LogP contribution in [0.3, 0.4) is 0 Å². The Morgan fingerprint density at radius 3 is 2.67 bits per heavy atom. The summed E-state index contributed by atoms with van der Waals surface area (Å²) in [6.45, 7) is 1.62. The minimum Gasteiger partial charge on any atom is -0.481 e. The van der Waals surface area contributed by atoms with Crippen LogP contribution in [0.5, 0.6) is 0 Å². The van der Waals surface area contributed by atoms with Crippen LogP contribution in [-0.4, -0.2) is 23.0 Å². The molecule has 4 nitrogen and oxygen atoms in total. The van der Waals surface area contributed by atoms with E-state index in [1.165, 1.54) is 6.07 Å². The van der Waals surface area contributed by atoms with Crippen molar-refractivity contribution in [2.24, 2.45) is 0 Å². The fourth-order valence-electron chi connectivity index (χ4n) is 1.61. The molecule has 0 aliphatic rings. The number of hydrogen-bond acceptors (Lipinski definition) is 2. The lowest BCUT2D eigenvalue weighted by atomic mass is 10.1. The fraction of sp³-hybridized carbons (Fsp3) is 0.385. The molecule has 1 aromatic carbocycles. The second kappa shape index (κ2) is 6.74. The topological polar surface area (TPSA) is 66.4 Å². The summed E-state index contributed by atoms with van der Waals surface area (Å²) in [5.41, 5.74) is 0.485. The third kappa shape index (κ3) is 4.95. The number of carboxylic acids is 1. The molecule has 18 heavy (non-hydrogen) atoms. The Bertz CT molecular complexity index is 434. The zero-order chi connectivity index (χ0) is 13.5. The Morgan fingerprint density at radius 1 is 1.39 bits per heavy atom. The standard InChI is InChI=1S/C13H16FNO3/c1-9(8-13(17)18)15-12(16)7-6-10-4-2-3-5-11(10)14/h2-5,9H,6-8H2,1H3,(H,15,16)(H,17,18). The van der Waals surface area contributed by atoms with Crippen molar-refractivity contribution >= 4 is 11.9 Å². The van der Waals surface area contributed by atoms with E-state index in [1.54, 1.807) is 25.1 Å². The van der Waals surface area contributed by atoms with E-state index < -0.39 is 12.0 Å². The Balaban J connectivity index is 2.38. The molecule has 98 valence electrons. The van der Waals surface area contributed by atoms with E-state index in [0.29, 0.717) is 12.0 Å². The van der Waals surface area contributed by atoms with Crippen molar-refractivity contribution in [3.05, 3.63) is 35.6 Å². The molecule has 0 aliphatic heterocycles. The summed E-state index contributed by atoms with van der Waals surface area (Å²) in [4.78, 5) is 21.9. The van der Waals surface area contributed by atoms with E-state index in [-0.39, 0.29) is 24.6 Å². The molecule has 0 fully saturated rings. The van der Waals surface area contributed by atoms with Gasteiger partial charge in [-0.15, -0.1) is 0 Å². The molecule has 1 atom stereocenters. The molecule has 0 bridgehead atoms. The molecule has 0 aromatic heterocycles. The van der Waals surface area contributed by atoms with Crippen molar-refractivity contribution in [2.45, 2.75) is 32.2 Å². The SMILES string of the molecule is CC(CC(=O)O)NC(=O)CCc1ccccc1F. The van der Waals surface area contributed by atoms with Crippen molar-refractivity contribution < 1.29 is 19.1 Å². The molecule has 1 rings (SSSR count). The van der Waals surface area contributed by atoms with Crippen LogP contribution in [0.1, 0.15) is 25.3 Å². The second-order valence-corrected chi connectivity index (χ2v) is 4.16. The van der Waals surface area contributed by atoms with Gasteiger partial charge in [-0.3, -0.25) is 9.59 Å². The van der Waals surface area contributed by atoms with Gasteiger partial charge in [0, 0.05) is 12.5 Å². The average Bonchev–Trinajstić information content (AvgIpc) is 2.26. The predicted molar refractivity (Wildman–Crippen MR) is 64.6 cm³/mol. The van der Waals surface area contributed by atoms with Crippen LogP contribution in [0.4, 0.5) is 4.39 Å². The lowest BCUT2D eigenvalue weighted by molar-refractivity contribution is -0.137. The smallest absolute Gasteiger partial charge is 0.305 e. The summed E-state index contributed by atoms with van der Waals surface area (Å²) >= 11 is 0. The number of aliphatic carboxylic acids is 1. The number of aryl methyl sites for hydroxylation is 1. The molecule has 0 radical (unpaired) electrons. The zero-order valence-electron chi connectivity index (χ0n) is 10.1. The molecule has 0 spiro atoms. The summed E-state index contributed by atoms with van der Waals surface area (Å²) < 4.78 is 13.3. The summed E-state index contributed by atoms with van der Waals surface area (Å²) in [6.07, 6.45) is 0.328. The molecular weight excluding hydrogens is 237 g/mol. The largest absolute Gasteiger partial charge is 0.481 e.